The molecule has 141 heavy (non-hydrogen) atoms. The van der Waals surface area contributed by atoms with Crippen LogP contribution in [0, 0.1) is 0 Å². The van der Waals surface area contributed by atoms with Gasteiger partial charge in [0, 0.05) is 38.4 Å². The lowest BCUT2D eigenvalue weighted by atomic mass is 9.83. The van der Waals surface area contributed by atoms with Crippen LogP contribution in [0.5, 0.6) is 0 Å². The minimum atomic E-state index is 0.650. The van der Waals surface area contributed by atoms with Crippen LogP contribution < -0.4 is 0 Å². The molecular weight excluding hydrogens is 1700 g/mol. The number of para-hydroxylation sites is 2. The highest BCUT2D eigenvalue weighted by Crippen LogP contribution is 2.52. The molecule has 5 heteroatoms. The molecule has 0 amide bonds. The molecule has 0 aliphatic heterocycles. The lowest BCUT2D eigenvalue weighted by molar-refractivity contribution is 1.08. The summed E-state index contributed by atoms with van der Waals surface area (Å²) in [7, 11) is 0. The standard InChI is InChI=1S/C47H29N3.C45H28N2.C44H28/c1-3-15-33(16-4-1)45-48-46(34-17-5-2-6-18-34)50-47(49-45)44-39-22-12-11-21-38(39)42(40-28-27-31-14-8-10-20-37(31)43(40)44)35-26-25-32-24-23-30-13-7-9-19-36(30)41(32)29-35;1-2-14-32(15-3-1)45-46-40-20-10-11-21-41(40)47(45)44-37-19-9-8-18-36(37)42(38-27-26-30-13-5-7-17-35(30)43(38)44)33-25-24-31-23-22-29-12-4-6-16-34(29)39(31)28-33;1-2-10-29(11-3-1)30-18-23-34(24-19-30)43-39-17-9-8-16-38(39)42(40-27-26-32-13-5-7-15-37(32)44(40)43)35-25-22-33-21-20-31-12-4-6-14-36(31)41(33)28-35/h1-29H;1-28H;1-28H. The van der Waals surface area contributed by atoms with Crippen molar-refractivity contribution in [3.8, 4) is 107 Å². The molecule has 0 saturated carbocycles. The number of fused-ring (bicyclic) bond motifs is 22. The van der Waals surface area contributed by atoms with E-state index in [0.29, 0.717) is 17.5 Å². The highest BCUT2D eigenvalue weighted by atomic mass is 15.1. The molecule has 0 saturated heterocycles. The number of rotatable bonds is 10. The lowest BCUT2D eigenvalue weighted by Gasteiger charge is -2.21. The average molecular weight is 1790 g/mol. The number of benzene rings is 27. The van der Waals surface area contributed by atoms with E-state index in [9.17, 15) is 0 Å². The Bertz CT molecular complexity index is 10100. The van der Waals surface area contributed by atoms with E-state index in [2.05, 4.69) is 484 Å². The summed E-state index contributed by atoms with van der Waals surface area (Å²) in [6.45, 7) is 0. The first-order valence-corrected chi connectivity index (χ1v) is 48.4. The summed E-state index contributed by atoms with van der Waals surface area (Å²) < 4.78 is 2.40. The number of nitrogens with zero attached hydrogens (tertiary/aromatic N) is 5. The highest BCUT2D eigenvalue weighted by molar-refractivity contribution is 6.32. The van der Waals surface area contributed by atoms with Crippen molar-refractivity contribution >= 4 is 173 Å². The second kappa shape index (κ2) is 34.3. The van der Waals surface area contributed by atoms with Crippen molar-refractivity contribution in [3.63, 3.8) is 0 Å². The van der Waals surface area contributed by atoms with Gasteiger partial charge >= 0.3 is 0 Å². The Hall–Kier alpha value is -18.7. The zero-order valence-electron chi connectivity index (χ0n) is 76.8. The fourth-order valence-electron chi connectivity index (χ4n) is 22.4. The summed E-state index contributed by atoms with van der Waals surface area (Å²) in [6, 6.07) is 186. The Morgan fingerprint density at radius 1 is 0.135 bits per heavy atom. The predicted octanol–water partition coefficient (Wildman–Crippen LogP) is 36.9. The van der Waals surface area contributed by atoms with Gasteiger partial charge in [-0.15, -0.1) is 0 Å². The van der Waals surface area contributed by atoms with Crippen molar-refractivity contribution in [1.82, 2.24) is 24.5 Å². The molecule has 0 N–H and O–H groups in total. The van der Waals surface area contributed by atoms with E-state index in [1.54, 1.807) is 0 Å². The first kappa shape index (κ1) is 81.8. The zero-order valence-corrected chi connectivity index (χ0v) is 76.8. The Morgan fingerprint density at radius 3 is 0.823 bits per heavy atom. The largest absolute Gasteiger partial charge is 0.291 e. The molecule has 29 aromatic rings. The Balaban J connectivity index is 0.000000106. The van der Waals surface area contributed by atoms with Crippen molar-refractivity contribution in [2.75, 3.05) is 0 Å². The number of imidazole rings is 1. The van der Waals surface area contributed by atoms with Crippen LogP contribution in [0.1, 0.15) is 0 Å². The minimum Gasteiger partial charge on any atom is -0.291 e. The quantitative estimate of drug-likeness (QED) is 0.101. The van der Waals surface area contributed by atoms with E-state index in [1.165, 1.54) is 201 Å². The third-order valence-electron chi connectivity index (χ3n) is 28.8. The van der Waals surface area contributed by atoms with Crippen LogP contribution >= 0.6 is 0 Å². The van der Waals surface area contributed by atoms with Gasteiger partial charge in [-0.05, 0) is 231 Å². The molecule has 0 aliphatic rings. The molecule has 0 unspecified atom stereocenters. The van der Waals surface area contributed by atoms with Gasteiger partial charge in [0.15, 0.2) is 17.5 Å². The van der Waals surface area contributed by atoms with E-state index < -0.39 is 0 Å². The van der Waals surface area contributed by atoms with Crippen molar-refractivity contribution in [1.29, 1.82) is 0 Å². The second-order valence-electron chi connectivity index (χ2n) is 36.8. The van der Waals surface area contributed by atoms with Gasteiger partial charge in [0.1, 0.15) is 5.82 Å². The van der Waals surface area contributed by atoms with Gasteiger partial charge in [-0.2, -0.15) is 0 Å². The fraction of sp³-hybridized carbons (Fsp3) is 0. The van der Waals surface area contributed by atoms with Gasteiger partial charge in [0.2, 0.25) is 0 Å². The molecular formula is C136H85N5. The molecule has 29 rings (SSSR count). The van der Waals surface area contributed by atoms with Gasteiger partial charge in [0.05, 0.1) is 16.7 Å². The van der Waals surface area contributed by atoms with Crippen LogP contribution in [-0.2, 0) is 0 Å². The number of hydrogen-bond donors (Lipinski definition) is 0. The van der Waals surface area contributed by atoms with Crippen LogP contribution in [0.4, 0.5) is 0 Å². The Kier molecular flexibility index (Phi) is 19.9. The maximum Gasteiger partial charge on any atom is 0.165 e. The third-order valence-corrected chi connectivity index (χ3v) is 28.8. The SMILES string of the molecule is c1ccc(-c2ccc(-c3c4ccccc4c(-c4ccc5ccc6ccccc6c5c4)c4ccc5ccccc5c34)cc2)cc1.c1ccc(-c2nc(-c3ccccc3)nc(-c3c4ccccc4c(-c4ccc5ccc6ccccc6c5c4)c4ccc5ccccc5c34)n2)cc1.c1ccc(-c2nc3ccccc3n2-c2c3ccccc3c(-c3ccc4ccc5ccccc5c4c3)c3ccc4ccccc4c23)cc1. The van der Waals surface area contributed by atoms with E-state index in [-0.39, 0.29) is 0 Å². The molecule has 654 valence electrons. The van der Waals surface area contributed by atoms with E-state index in [4.69, 9.17) is 19.9 Å². The van der Waals surface area contributed by atoms with Gasteiger partial charge in [-0.25, -0.2) is 19.9 Å². The molecule has 27 aromatic carbocycles. The Morgan fingerprint density at radius 2 is 0.397 bits per heavy atom. The number of aromatic nitrogens is 5. The van der Waals surface area contributed by atoms with Crippen LogP contribution in [-0.4, -0.2) is 24.5 Å². The fourth-order valence-corrected chi connectivity index (χ4v) is 22.4. The zero-order chi connectivity index (χ0) is 93.0. The van der Waals surface area contributed by atoms with Crippen LogP contribution in [0.25, 0.3) is 279 Å². The van der Waals surface area contributed by atoms with Crippen LogP contribution in [0.15, 0.2) is 516 Å². The minimum absolute atomic E-state index is 0.650. The molecule has 2 aromatic heterocycles. The average Bonchev–Trinajstić information content (AvgIpc) is 1.70. The van der Waals surface area contributed by atoms with Gasteiger partial charge < -0.3 is 0 Å². The summed E-state index contributed by atoms with van der Waals surface area (Å²) in [5.41, 5.74) is 19.6. The summed E-state index contributed by atoms with van der Waals surface area (Å²) >= 11 is 0. The highest BCUT2D eigenvalue weighted by Gasteiger charge is 2.28. The van der Waals surface area contributed by atoms with Crippen molar-refractivity contribution in [2.45, 2.75) is 0 Å². The number of hydrogen-bond acceptors (Lipinski definition) is 4. The van der Waals surface area contributed by atoms with Gasteiger partial charge in [0.25, 0.3) is 0 Å². The van der Waals surface area contributed by atoms with Crippen molar-refractivity contribution in [3.05, 3.63) is 516 Å². The maximum absolute atomic E-state index is 5.26. The molecule has 0 fully saturated rings. The lowest BCUT2D eigenvalue weighted by Crippen LogP contribution is -2.02. The summed E-state index contributed by atoms with van der Waals surface area (Å²) in [5.74, 6) is 2.90. The van der Waals surface area contributed by atoms with E-state index >= 15 is 0 Å². The van der Waals surface area contributed by atoms with Crippen LogP contribution in [0.2, 0.25) is 0 Å². The first-order valence-electron chi connectivity index (χ1n) is 48.4. The normalized spacial score (nSPS) is 11.7. The Labute approximate surface area is 813 Å². The third kappa shape index (κ3) is 14.1. The molecule has 0 atom stereocenters. The molecule has 0 bridgehead atoms. The topological polar surface area (TPSA) is 56.5 Å². The molecule has 5 nitrogen and oxygen atoms in total. The summed E-state index contributed by atoms with van der Waals surface area (Å²) in [5, 5.41) is 37.1. The first-order chi connectivity index (χ1) is 70.0. The molecule has 0 aliphatic carbocycles. The van der Waals surface area contributed by atoms with Crippen molar-refractivity contribution in [2.24, 2.45) is 0 Å². The predicted molar refractivity (Wildman–Crippen MR) is 599 cm³/mol. The van der Waals surface area contributed by atoms with Crippen molar-refractivity contribution < 1.29 is 0 Å². The van der Waals surface area contributed by atoms with Gasteiger partial charge in [-0.1, -0.05) is 485 Å². The molecule has 0 spiro atoms. The van der Waals surface area contributed by atoms with E-state index in [1.807, 2.05) is 36.4 Å². The molecule has 2 heterocycles. The smallest absolute Gasteiger partial charge is 0.165 e. The van der Waals surface area contributed by atoms with Gasteiger partial charge in [-0.3, -0.25) is 4.57 Å². The molecule has 0 radical (unpaired) electrons. The summed E-state index contributed by atoms with van der Waals surface area (Å²) in [6.07, 6.45) is 0. The second-order valence-corrected chi connectivity index (χ2v) is 36.8. The van der Waals surface area contributed by atoms with E-state index in [0.717, 1.165) is 61.0 Å². The monoisotopic (exact) mass is 1790 g/mol. The van der Waals surface area contributed by atoms with Crippen LogP contribution in [0.3, 0.4) is 0 Å². The maximum atomic E-state index is 5.26. The summed E-state index contributed by atoms with van der Waals surface area (Å²) in [4.78, 5) is 20.8.